The molecular formula is C17H23N3O5S. The molecule has 2 fully saturated rings. The first kappa shape index (κ1) is 18.5. The third-order valence-electron chi connectivity index (χ3n) is 4.76. The van der Waals surface area contributed by atoms with Crippen molar-refractivity contribution in [3.8, 4) is 0 Å². The summed E-state index contributed by atoms with van der Waals surface area (Å²) >= 11 is 0. The van der Waals surface area contributed by atoms with Gasteiger partial charge < -0.3 is 15.0 Å². The number of nitrogens with zero attached hydrogens (tertiary/aromatic N) is 2. The minimum atomic E-state index is -3.27. The van der Waals surface area contributed by atoms with E-state index in [1.807, 2.05) is 0 Å². The van der Waals surface area contributed by atoms with Crippen LogP contribution in [-0.2, 0) is 14.8 Å². The van der Waals surface area contributed by atoms with Gasteiger partial charge in [0.15, 0.2) is 0 Å². The Hall–Kier alpha value is -2.29. The Morgan fingerprint density at radius 2 is 1.92 bits per heavy atom. The number of rotatable bonds is 3. The molecule has 1 N–H and O–H groups in total. The first-order chi connectivity index (χ1) is 12.4. The number of methoxy groups -OCH3 is 1. The summed E-state index contributed by atoms with van der Waals surface area (Å²) in [7, 11) is -1.92. The van der Waals surface area contributed by atoms with Crippen molar-refractivity contribution in [3.05, 3.63) is 29.8 Å². The first-order valence-corrected chi connectivity index (χ1v) is 10.3. The molecule has 2 aliphatic rings. The Morgan fingerprint density at radius 1 is 1.19 bits per heavy atom. The lowest BCUT2D eigenvalue weighted by Crippen LogP contribution is -2.46. The van der Waals surface area contributed by atoms with E-state index in [1.165, 1.54) is 11.4 Å². The van der Waals surface area contributed by atoms with Crippen molar-refractivity contribution in [1.82, 2.24) is 10.2 Å². The van der Waals surface area contributed by atoms with Gasteiger partial charge in [0.25, 0.3) is 5.91 Å². The number of carbonyl (C=O) groups excluding carboxylic acids is 2. The van der Waals surface area contributed by atoms with E-state index in [0.29, 0.717) is 50.1 Å². The molecule has 142 valence electrons. The van der Waals surface area contributed by atoms with E-state index in [-0.39, 0.29) is 23.8 Å². The highest BCUT2D eigenvalue weighted by Gasteiger charge is 2.29. The molecule has 0 spiro atoms. The van der Waals surface area contributed by atoms with E-state index >= 15 is 0 Å². The molecule has 2 saturated heterocycles. The van der Waals surface area contributed by atoms with E-state index < -0.39 is 10.0 Å². The van der Waals surface area contributed by atoms with Crippen molar-refractivity contribution >= 4 is 27.7 Å². The summed E-state index contributed by atoms with van der Waals surface area (Å²) in [6.07, 6.45) is 1.55. The lowest BCUT2D eigenvalue weighted by Gasteiger charge is -2.31. The molecule has 8 nitrogen and oxygen atoms in total. The van der Waals surface area contributed by atoms with Crippen LogP contribution in [0.25, 0.3) is 0 Å². The number of nitrogens with one attached hydrogen (secondary N) is 1. The van der Waals surface area contributed by atoms with Gasteiger partial charge in [0, 0.05) is 31.2 Å². The van der Waals surface area contributed by atoms with Crippen molar-refractivity contribution in [2.24, 2.45) is 0 Å². The third-order valence-corrected chi connectivity index (χ3v) is 6.63. The van der Waals surface area contributed by atoms with Crippen molar-refractivity contribution in [1.29, 1.82) is 0 Å². The van der Waals surface area contributed by atoms with E-state index in [0.717, 1.165) is 0 Å². The molecule has 0 aliphatic carbocycles. The van der Waals surface area contributed by atoms with Gasteiger partial charge in [0.05, 0.1) is 18.6 Å². The Morgan fingerprint density at radius 3 is 2.54 bits per heavy atom. The molecule has 9 heteroatoms. The van der Waals surface area contributed by atoms with Gasteiger partial charge in [-0.25, -0.2) is 13.2 Å². The maximum absolute atomic E-state index is 12.5. The molecule has 2 heterocycles. The third kappa shape index (κ3) is 3.92. The molecule has 2 amide bonds. The van der Waals surface area contributed by atoms with Crippen LogP contribution < -0.4 is 9.62 Å². The molecule has 3 rings (SSSR count). The summed E-state index contributed by atoms with van der Waals surface area (Å²) in [6.45, 7) is 1.51. The number of anilines is 1. The number of piperidine rings is 1. The van der Waals surface area contributed by atoms with Crippen molar-refractivity contribution in [2.45, 2.75) is 25.3 Å². The molecule has 1 aromatic carbocycles. The lowest BCUT2D eigenvalue weighted by molar-refractivity contribution is 0.0892. The largest absolute Gasteiger partial charge is 0.453 e. The molecule has 0 unspecified atom stereocenters. The molecule has 0 atom stereocenters. The van der Waals surface area contributed by atoms with Gasteiger partial charge >= 0.3 is 6.09 Å². The van der Waals surface area contributed by atoms with Crippen molar-refractivity contribution < 1.29 is 22.7 Å². The maximum Gasteiger partial charge on any atom is 0.409 e. The van der Waals surface area contributed by atoms with E-state index in [9.17, 15) is 18.0 Å². The van der Waals surface area contributed by atoms with Gasteiger partial charge in [-0.2, -0.15) is 0 Å². The Balaban J connectivity index is 1.62. The van der Waals surface area contributed by atoms with Crippen molar-refractivity contribution in [2.75, 3.05) is 36.8 Å². The monoisotopic (exact) mass is 381 g/mol. The van der Waals surface area contributed by atoms with Crippen LogP contribution in [0.1, 0.15) is 29.6 Å². The zero-order valence-corrected chi connectivity index (χ0v) is 15.5. The zero-order chi connectivity index (χ0) is 18.7. The number of likely N-dealkylation sites (tertiary alicyclic amines) is 1. The van der Waals surface area contributed by atoms with Crippen LogP contribution in [0, 0.1) is 0 Å². The fourth-order valence-electron chi connectivity index (χ4n) is 3.34. The van der Waals surface area contributed by atoms with Crippen LogP contribution in [0.4, 0.5) is 10.5 Å². The van der Waals surface area contributed by atoms with Gasteiger partial charge in [-0.05, 0) is 37.5 Å². The number of benzene rings is 1. The minimum absolute atomic E-state index is 0.0254. The van der Waals surface area contributed by atoms with Crippen molar-refractivity contribution in [3.63, 3.8) is 0 Å². The number of hydrogen-bond acceptors (Lipinski definition) is 5. The smallest absolute Gasteiger partial charge is 0.409 e. The van der Waals surface area contributed by atoms with E-state index in [2.05, 4.69) is 5.32 Å². The van der Waals surface area contributed by atoms with Crippen LogP contribution in [0.5, 0.6) is 0 Å². The Kier molecular flexibility index (Phi) is 5.36. The lowest BCUT2D eigenvalue weighted by atomic mass is 10.0. The van der Waals surface area contributed by atoms with Crippen LogP contribution in [0.2, 0.25) is 0 Å². The number of carbonyl (C=O) groups is 2. The second kappa shape index (κ2) is 7.53. The SMILES string of the molecule is COC(=O)N1CCC(NC(=O)c2cccc(N3CCCS3(=O)=O)c2)CC1. The summed E-state index contributed by atoms with van der Waals surface area (Å²) in [5.41, 5.74) is 0.954. The first-order valence-electron chi connectivity index (χ1n) is 8.65. The number of ether oxygens (including phenoxy) is 1. The van der Waals surface area contributed by atoms with Gasteiger partial charge in [-0.3, -0.25) is 9.10 Å². The fraction of sp³-hybridized carbons (Fsp3) is 0.529. The second-order valence-corrected chi connectivity index (χ2v) is 8.51. The summed E-state index contributed by atoms with van der Waals surface area (Å²) in [6, 6.07) is 6.65. The van der Waals surface area contributed by atoms with E-state index in [1.54, 1.807) is 29.2 Å². The highest BCUT2D eigenvalue weighted by atomic mass is 32.2. The number of hydrogen-bond donors (Lipinski definition) is 1. The second-order valence-electron chi connectivity index (χ2n) is 6.50. The molecule has 0 saturated carbocycles. The summed E-state index contributed by atoms with van der Waals surface area (Å²) < 4.78 is 30.2. The van der Waals surface area contributed by atoms with Crippen LogP contribution >= 0.6 is 0 Å². The predicted molar refractivity (Wildman–Crippen MR) is 96.7 cm³/mol. The molecule has 1 aromatic rings. The van der Waals surface area contributed by atoms with Gasteiger partial charge in [0.2, 0.25) is 10.0 Å². The Labute approximate surface area is 153 Å². The summed E-state index contributed by atoms with van der Waals surface area (Å²) in [5, 5.41) is 2.97. The van der Waals surface area contributed by atoms with Crippen LogP contribution in [-0.4, -0.2) is 63.9 Å². The highest BCUT2D eigenvalue weighted by molar-refractivity contribution is 7.93. The number of sulfonamides is 1. The van der Waals surface area contributed by atoms with Gasteiger partial charge in [-0.15, -0.1) is 0 Å². The molecular weight excluding hydrogens is 358 g/mol. The van der Waals surface area contributed by atoms with E-state index in [4.69, 9.17) is 4.74 Å². The molecule has 0 bridgehead atoms. The summed E-state index contributed by atoms with van der Waals surface area (Å²) in [4.78, 5) is 25.6. The van der Waals surface area contributed by atoms with Crippen LogP contribution in [0.15, 0.2) is 24.3 Å². The molecule has 0 radical (unpaired) electrons. The van der Waals surface area contributed by atoms with Gasteiger partial charge in [0.1, 0.15) is 0 Å². The van der Waals surface area contributed by atoms with Crippen LogP contribution in [0.3, 0.4) is 0 Å². The summed E-state index contributed by atoms with van der Waals surface area (Å²) in [5.74, 6) is -0.0951. The average Bonchev–Trinajstić information content (AvgIpc) is 3.01. The minimum Gasteiger partial charge on any atom is -0.453 e. The molecule has 0 aromatic heterocycles. The maximum atomic E-state index is 12.5. The Bertz CT molecular complexity index is 787. The fourth-order valence-corrected chi connectivity index (χ4v) is 4.89. The van der Waals surface area contributed by atoms with Gasteiger partial charge in [-0.1, -0.05) is 6.07 Å². The molecule has 2 aliphatic heterocycles. The predicted octanol–water partition coefficient (Wildman–Crippen LogP) is 1.19. The topological polar surface area (TPSA) is 96.0 Å². The highest BCUT2D eigenvalue weighted by Crippen LogP contribution is 2.25. The zero-order valence-electron chi connectivity index (χ0n) is 14.7. The standard InChI is InChI=1S/C17H23N3O5S/c1-25-17(22)19-9-6-14(7-10-19)18-16(21)13-4-2-5-15(12-13)20-8-3-11-26(20,23)24/h2,4-5,12,14H,3,6-11H2,1H3,(H,18,21). The number of amides is 2. The molecule has 26 heavy (non-hydrogen) atoms. The average molecular weight is 381 g/mol. The quantitative estimate of drug-likeness (QED) is 0.848. The normalized spacial score (nSPS) is 20.0.